The molecule has 2 aromatic carbocycles. The number of carbonyl (C=O) groups excluding carboxylic acids is 1. The summed E-state index contributed by atoms with van der Waals surface area (Å²) in [6.45, 7) is 0.530. The molecule has 1 aliphatic carbocycles. The zero-order valence-electron chi connectivity index (χ0n) is 19.6. The lowest BCUT2D eigenvalue weighted by Gasteiger charge is -2.29. The quantitative estimate of drug-likeness (QED) is 0.427. The lowest BCUT2D eigenvalue weighted by molar-refractivity contribution is -0.140. The molecule has 0 bridgehead atoms. The number of hydrogen-bond acceptors (Lipinski definition) is 4. The number of fused-ring (bicyclic) bond motifs is 1. The Morgan fingerprint density at radius 3 is 2.46 bits per heavy atom. The fraction of sp³-hybridized carbons (Fsp3) is 0.385. The molecule has 5 nitrogen and oxygen atoms in total. The van der Waals surface area contributed by atoms with Gasteiger partial charge in [0.2, 0.25) is 0 Å². The van der Waals surface area contributed by atoms with Gasteiger partial charge >= 0.3 is 6.18 Å². The molecule has 35 heavy (non-hydrogen) atoms. The number of hydrogen-bond donors (Lipinski definition) is 2. The van der Waals surface area contributed by atoms with E-state index in [0.29, 0.717) is 28.8 Å². The van der Waals surface area contributed by atoms with Gasteiger partial charge in [-0.05, 0) is 61.9 Å². The molecule has 1 saturated carbocycles. The molecule has 0 saturated heterocycles. The number of benzene rings is 2. The summed E-state index contributed by atoms with van der Waals surface area (Å²) in [5, 5.41) is 6.84. The summed E-state index contributed by atoms with van der Waals surface area (Å²) in [5.74, 6) is -0.510. The molecule has 1 fully saturated rings. The molecule has 2 N–H and O–H groups in total. The van der Waals surface area contributed by atoms with E-state index in [1.807, 2.05) is 0 Å². The maximum atomic E-state index is 13.9. The van der Waals surface area contributed by atoms with Crippen LogP contribution < -0.4 is 15.5 Å². The van der Waals surface area contributed by atoms with E-state index in [-0.39, 0.29) is 23.4 Å². The molecule has 1 amide bonds. The van der Waals surface area contributed by atoms with Crippen molar-refractivity contribution in [2.45, 2.75) is 37.9 Å². The molecule has 1 heterocycles. The summed E-state index contributed by atoms with van der Waals surface area (Å²) < 4.78 is 53.8. The molecular formula is C26H28F4N4O. The second kappa shape index (κ2) is 10.1. The third kappa shape index (κ3) is 6.01. The van der Waals surface area contributed by atoms with Crippen molar-refractivity contribution in [2.75, 3.05) is 30.9 Å². The zero-order valence-corrected chi connectivity index (χ0v) is 19.6. The highest BCUT2D eigenvalue weighted by atomic mass is 19.4. The van der Waals surface area contributed by atoms with Crippen LogP contribution in [-0.2, 0) is 6.18 Å². The molecular weight excluding hydrogens is 460 g/mol. The SMILES string of the molecule is CN(C)c1cc(F)cc(C(=O)N[C@H]2CC[C@@H](CNc3cc(C(F)(F)F)nc4ccccc34)CC2)c1. The first-order valence-electron chi connectivity index (χ1n) is 11.6. The van der Waals surface area contributed by atoms with Gasteiger partial charge in [-0.15, -0.1) is 0 Å². The number of rotatable bonds is 6. The first kappa shape index (κ1) is 24.8. The van der Waals surface area contributed by atoms with Crippen LogP contribution in [0.5, 0.6) is 0 Å². The van der Waals surface area contributed by atoms with Crippen LogP contribution >= 0.6 is 0 Å². The molecule has 9 heteroatoms. The minimum atomic E-state index is -4.52. The highest BCUT2D eigenvalue weighted by molar-refractivity contribution is 5.95. The van der Waals surface area contributed by atoms with Crippen LogP contribution in [0.3, 0.4) is 0 Å². The summed E-state index contributed by atoms with van der Waals surface area (Å²) in [6.07, 6.45) is -1.39. The minimum absolute atomic E-state index is 0.0246. The molecule has 0 aliphatic heterocycles. The van der Waals surface area contributed by atoms with Crippen LogP contribution in [0.1, 0.15) is 41.7 Å². The Bertz CT molecular complexity index is 1200. The number of pyridine rings is 1. The molecule has 3 aromatic rings. The number of para-hydroxylation sites is 1. The summed E-state index contributed by atoms with van der Waals surface area (Å²) in [7, 11) is 3.56. The number of amides is 1. The second-order valence-corrected chi connectivity index (χ2v) is 9.23. The molecule has 0 atom stereocenters. The Morgan fingerprint density at radius 1 is 1.06 bits per heavy atom. The number of aromatic nitrogens is 1. The van der Waals surface area contributed by atoms with Crippen molar-refractivity contribution in [3.63, 3.8) is 0 Å². The van der Waals surface area contributed by atoms with Gasteiger partial charge < -0.3 is 15.5 Å². The first-order chi connectivity index (χ1) is 16.6. The zero-order chi connectivity index (χ0) is 25.2. The maximum absolute atomic E-state index is 13.9. The normalized spacial score (nSPS) is 18.3. The molecule has 0 radical (unpaired) electrons. The summed E-state index contributed by atoms with van der Waals surface area (Å²) in [5.41, 5.74) is 0.692. The number of nitrogens with zero attached hydrogens (tertiary/aromatic N) is 2. The van der Waals surface area contributed by atoms with Crippen LogP contribution in [0.15, 0.2) is 48.5 Å². The predicted octanol–water partition coefficient (Wildman–Crippen LogP) is 5.86. The van der Waals surface area contributed by atoms with Gasteiger partial charge in [0.25, 0.3) is 5.91 Å². The van der Waals surface area contributed by atoms with E-state index in [1.165, 1.54) is 12.1 Å². The van der Waals surface area contributed by atoms with Crippen LogP contribution in [0, 0.1) is 11.7 Å². The summed E-state index contributed by atoms with van der Waals surface area (Å²) >= 11 is 0. The number of carbonyl (C=O) groups is 1. The van der Waals surface area contributed by atoms with E-state index in [4.69, 9.17) is 0 Å². The van der Waals surface area contributed by atoms with Crippen molar-refractivity contribution in [2.24, 2.45) is 5.92 Å². The number of nitrogens with one attached hydrogen (secondary N) is 2. The van der Waals surface area contributed by atoms with Gasteiger partial charge in [-0.3, -0.25) is 4.79 Å². The molecule has 1 aromatic heterocycles. The summed E-state index contributed by atoms with van der Waals surface area (Å²) in [4.78, 5) is 18.2. The van der Waals surface area contributed by atoms with E-state index >= 15 is 0 Å². The van der Waals surface area contributed by atoms with E-state index in [0.717, 1.165) is 31.7 Å². The molecule has 4 rings (SSSR count). The standard InChI is InChI=1S/C26H28F4N4O/c1-34(2)20-12-17(11-18(27)13-20)25(35)32-19-9-7-16(8-10-19)15-31-23-14-24(26(28,29)30)33-22-6-4-3-5-21(22)23/h3-6,11-14,16,19H,7-10,15H2,1-2H3,(H,31,33)(H,32,35)/t16-,19+. The van der Waals surface area contributed by atoms with Gasteiger partial charge in [0.1, 0.15) is 11.5 Å². The van der Waals surface area contributed by atoms with Crippen LogP contribution in [-0.4, -0.2) is 37.6 Å². The fourth-order valence-electron chi connectivity index (χ4n) is 4.46. The highest BCUT2D eigenvalue weighted by Crippen LogP contribution is 2.34. The topological polar surface area (TPSA) is 57.3 Å². The van der Waals surface area contributed by atoms with Gasteiger partial charge in [-0.1, -0.05) is 18.2 Å². The molecule has 1 aliphatic rings. The van der Waals surface area contributed by atoms with E-state index in [2.05, 4.69) is 15.6 Å². The van der Waals surface area contributed by atoms with Gasteiger partial charge in [0.15, 0.2) is 0 Å². The Balaban J connectivity index is 1.35. The number of alkyl halides is 3. The minimum Gasteiger partial charge on any atom is -0.384 e. The van der Waals surface area contributed by atoms with Crippen LogP contribution in [0.2, 0.25) is 0 Å². The average molecular weight is 489 g/mol. The monoisotopic (exact) mass is 488 g/mol. The van der Waals surface area contributed by atoms with Crippen molar-refractivity contribution in [3.8, 4) is 0 Å². The van der Waals surface area contributed by atoms with E-state index < -0.39 is 17.7 Å². The van der Waals surface area contributed by atoms with Crippen molar-refractivity contribution < 1.29 is 22.4 Å². The average Bonchev–Trinajstić information content (AvgIpc) is 2.82. The maximum Gasteiger partial charge on any atom is 0.433 e. The second-order valence-electron chi connectivity index (χ2n) is 9.23. The molecule has 186 valence electrons. The molecule has 0 unspecified atom stereocenters. The third-order valence-corrected chi connectivity index (χ3v) is 6.43. The lowest BCUT2D eigenvalue weighted by atomic mass is 9.85. The Hall–Kier alpha value is -3.36. The van der Waals surface area contributed by atoms with Crippen LogP contribution in [0.4, 0.5) is 28.9 Å². The first-order valence-corrected chi connectivity index (χ1v) is 11.6. The smallest absolute Gasteiger partial charge is 0.384 e. The van der Waals surface area contributed by atoms with Gasteiger partial charge in [-0.25, -0.2) is 9.37 Å². The Labute approximate surface area is 201 Å². The Morgan fingerprint density at radius 2 is 1.77 bits per heavy atom. The van der Waals surface area contributed by atoms with E-state index in [9.17, 15) is 22.4 Å². The van der Waals surface area contributed by atoms with Crippen molar-refractivity contribution >= 4 is 28.2 Å². The van der Waals surface area contributed by atoms with Gasteiger partial charge in [0.05, 0.1) is 5.52 Å². The predicted molar refractivity (Wildman–Crippen MR) is 129 cm³/mol. The number of halogens is 4. The van der Waals surface area contributed by atoms with Crippen molar-refractivity contribution in [1.82, 2.24) is 10.3 Å². The molecule has 0 spiro atoms. The number of anilines is 2. The van der Waals surface area contributed by atoms with Gasteiger partial charge in [-0.2, -0.15) is 13.2 Å². The van der Waals surface area contributed by atoms with E-state index in [1.54, 1.807) is 49.3 Å². The third-order valence-electron chi connectivity index (χ3n) is 6.43. The summed E-state index contributed by atoms with van der Waals surface area (Å²) in [6, 6.07) is 12.1. The largest absolute Gasteiger partial charge is 0.433 e. The lowest BCUT2D eigenvalue weighted by Crippen LogP contribution is -2.38. The van der Waals surface area contributed by atoms with Crippen LogP contribution in [0.25, 0.3) is 10.9 Å². The fourth-order valence-corrected chi connectivity index (χ4v) is 4.46. The Kier molecular flexibility index (Phi) is 7.14. The highest BCUT2D eigenvalue weighted by Gasteiger charge is 2.33. The van der Waals surface area contributed by atoms with Crippen molar-refractivity contribution in [1.29, 1.82) is 0 Å². The van der Waals surface area contributed by atoms with Gasteiger partial charge in [0, 0.05) is 49.0 Å². The van der Waals surface area contributed by atoms with Crippen molar-refractivity contribution in [3.05, 3.63) is 65.6 Å².